The van der Waals surface area contributed by atoms with Gasteiger partial charge in [0.2, 0.25) is 17.7 Å². The fraction of sp³-hybridized carbons (Fsp3) is 0.341. The number of ether oxygens (including phenoxy) is 2. The number of carbonyl (C=O) groups excluding carboxylic acids is 5. The molecular weight excluding hydrogens is 851 g/mol. The molecule has 3 saturated heterocycles. The van der Waals surface area contributed by atoms with Crippen LogP contribution in [0.2, 0.25) is 10.0 Å². The van der Waals surface area contributed by atoms with Crippen molar-refractivity contribution in [3.8, 4) is 28.8 Å². The zero-order valence-corrected chi connectivity index (χ0v) is 35.7. The first-order valence-electron chi connectivity index (χ1n) is 20.5. The van der Waals surface area contributed by atoms with Gasteiger partial charge >= 0.3 is 0 Å². The Bertz CT molecular complexity index is 2740. The molecule has 4 aliphatic heterocycles. The fourth-order valence-corrected chi connectivity index (χ4v) is 9.59. The number of amides is 5. The van der Waals surface area contributed by atoms with Crippen molar-refractivity contribution in [3.05, 3.63) is 87.3 Å². The maximum absolute atomic E-state index is 13.8. The number of aromatic nitrogens is 4. The minimum atomic E-state index is -1.03. The molecule has 7 heterocycles. The highest BCUT2D eigenvalue weighted by molar-refractivity contribution is 6.35. The van der Waals surface area contributed by atoms with Gasteiger partial charge in [0.15, 0.2) is 11.5 Å². The quantitative estimate of drug-likeness (QED) is 0.180. The molecule has 17 nitrogen and oxygen atoms in total. The fourth-order valence-electron chi connectivity index (χ4n) is 8.91. The van der Waals surface area contributed by atoms with Crippen LogP contribution >= 0.6 is 23.2 Å². The van der Waals surface area contributed by atoms with Gasteiger partial charge in [-0.25, -0.2) is 4.98 Å². The van der Waals surface area contributed by atoms with Gasteiger partial charge in [0.05, 0.1) is 39.4 Å². The number of methoxy groups -OCH3 is 1. The van der Waals surface area contributed by atoms with Gasteiger partial charge in [0.1, 0.15) is 29.7 Å². The van der Waals surface area contributed by atoms with E-state index in [0.717, 1.165) is 16.0 Å². The lowest BCUT2D eigenvalue weighted by Crippen LogP contribution is -2.54. The van der Waals surface area contributed by atoms with E-state index in [4.69, 9.17) is 37.7 Å². The minimum Gasteiger partial charge on any atom is -0.493 e. The van der Waals surface area contributed by atoms with Crippen molar-refractivity contribution in [3.63, 3.8) is 0 Å². The minimum absolute atomic E-state index is 0.0514. The summed E-state index contributed by atoms with van der Waals surface area (Å²) in [4.78, 5) is 80.2. The Kier molecular flexibility index (Phi) is 11.1. The Labute approximate surface area is 370 Å². The molecule has 0 saturated carbocycles. The first-order valence-corrected chi connectivity index (χ1v) is 21.3. The third kappa shape index (κ3) is 7.63. The zero-order chi connectivity index (χ0) is 44.1. The van der Waals surface area contributed by atoms with Crippen LogP contribution in [0.15, 0.2) is 55.0 Å². The molecule has 0 aliphatic carbocycles. The number of carbonyl (C=O) groups is 5. The largest absolute Gasteiger partial charge is 0.493 e. The third-order valence-electron chi connectivity index (χ3n) is 12.2. The number of fused-ring (bicyclic) bond motifs is 2. The van der Waals surface area contributed by atoms with Crippen molar-refractivity contribution >= 4 is 75.1 Å². The van der Waals surface area contributed by atoms with Gasteiger partial charge in [-0.15, -0.1) is 0 Å². The molecular formula is C44H40Cl2N10O7. The van der Waals surface area contributed by atoms with E-state index in [9.17, 15) is 29.2 Å². The zero-order valence-electron chi connectivity index (χ0n) is 34.2. The standard InChI is InChI=1S/C44H40Cl2N10O7/c1-23(38-31(45)21-48-22-32(38)46)63-36-17-30-33(18-35(36)62-2)51-52-39(30)26-15-25(19-47)40(49-20-26)54-11-13-55(14-12-54)42(59)24-7-9-53(10-8-24)27-3-4-28-29(16-27)44(61)56(43(28)60)34-5-6-37(57)50-41(34)58/h3-4,15-18,20-24,34H,5-14H2,1-2H3,(H,51,52)(H,50,57,58)/t23-,34?/m1/s1. The number of aromatic amines is 1. The van der Waals surface area contributed by atoms with Crippen molar-refractivity contribution in [2.24, 2.45) is 5.92 Å². The number of nitrogens with zero attached hydrogens (tertiary/aromatic N) is 8. The molecule has 3 aromatic heterocycles. The number of anilines is 2. The summed E-state index contributed by atoms with van der Waals surface area (Å²) >= 11 is 12.8. The molecule has 5 amide bonds. The topological polar surface area (TPSA) is 207 Å². The summed E-state index contributed by atoms with van der Waals surface area (Å²) in [6.45, 7) is 4.93. The molecule has 5 aromatic rings. The maximum atomic E-state index is 13.8. The van der Waals surface area contributed by atoms with Crippen LogP contribution in [0.5, 0.6) is 11.5 Å². The van der Waals surface area contributed by atoms with E-state index < -0.39 is 35.8 Å². The Morgan fingerprint density at radius 1 is 0.889 bits per heavy atom. The number of imide groups is 2. The lowest BCUT2D eigenvalue weighted by molar-refractivity contribution is -0.137. The van der Waals surface area contributed by atoms with Gasteiger partial charge in [-0.3, -0.25) is 44.3 Å². The van der Waals surface area contributed by atoms with Crippen LogP contribution in [0.3, 0.4) is 0 Å². The van der Waals surface area contributed by atoms with E-state index in [1.165, 1.54) is 12.4 Å². The molecule has 1 unspecified atom stereocenters. The predicted molar refractivity (Wildman–Crippen MR) is 231 cm³/mol. The number of hydrogen-bond acceptors (Lipinski definition) is 13. The second-order valence-corrected chi connectivity index (χ2v) is 16.7. The van der Waals surface area contributed by atoms with Gasteiger partial charge in [-0.05, 0) is 56.5 Å². The molecule has 3 fully saturated rings. The molecule has 4 aliphatic rings. The molecule has 0 bridgehead atoms. The molecule has 63 heavy (non-hydrogen) atoms. The number of nitrogens with one attached hydrogen (secondary N) is 2. The van der Waals surface area contributed by atoms with Crippen LogP contribution in [0.4, 0.5) is 11.5 Å². The Morgan fingerprint density at radius 2 is 1.62 bits per heavy atom. The number of pyridine rings is 2. The Morgan fingerprint density at radius 3 is 2.32 bits per heavy atom. The predicted octanol–water partition coefficient (Wildman–Crippen LogP) is 5.31. The number of H-pyrrole nitrogens is 1. The van der Waals surface area contributed by atoms with E-state index >= 15 is 0 Å². The van der Waals surface area contributed by atoms with Crippen molar-refractivity contribution in [2.75, 3.05) is 56.2 Å². The van der Waals surface area contributed by atoms with Crippen LogP contribution in [0.1, 0.15) is 70.6 Å². The lowest BCUT2D eigenvalue weighted by atomic mass is 9.94. The molecule has 2 N–H and O–H groups in total. The van der Waals surface area contributed by atoms with Crippen molar-refractivity contribution in [1.82, 2.24) is 35.3 Å². The average molecular weight is 892 g/mol. The summed E-state index contributed by atoms with van der Waals surface area (Å²) in [5.74, 6) is -0.838. The number of piperidine rings is 2. The second kappa shape index (κ2) is 16.8. The van der Waals surface area contributed by atoms with E-state index in [-0.39, 0.29) is 35.8 Å². The highest BCUT2D eigenvalue weighted by atomic mass is 35.5. The van der Waals surface area contributed by atoms with Crippen molar-refractivity contribution in [2.45, 2.75) is 44.8 Å². The van der Waals surface area contributed by atoms with Crippen LogP contribution in [-0.2, 0) is 14.4 Å². The van der Waals surface area contributed by atoms with E-state index in [0.29, 0.717) is 107 Å². The van der Waals surface area contributed by atoms with Gasteiger partial charge < -0.3 is 24.2 Å². The highest BCUT2D eigenvalue weighted by Crippen LogP contribution is 2.41. The Balaban J connectivity index is 0.825. The lowest BCUT2D eigenvalue weighted by Gasteiger charge is -2.39. The maximum Gasteiger partial charge on any atom is 0.262 e. The van der Waals surface area contributed by atoms with Gasteiger partial charge in [0, 0.05) is 98.5 Å². The Hall–Kier alpha value is -6.77. The number of hydrogen-bond donors (Lipinski definition) is 2. The average Bonchev–Trinajstić information content (AvgIpc) is 3.81. The molecule has 9 rings (SSSR count). The summed E-state index contributed by atoms with van der Waals surface area (Å²) in [6, 6.07) is 11.7. The van der Waals surface area contributed by atoms with Gasteiger partial charge in [0.25, 0.3) is 11.8 Å². The van der Waals surface area contributed by atoms with Crippen molar-refractivity contribution in [1.29, 1.82) is 5.26 Å². The first-order chi connectivity index (χ1) is 30.4. The van der Waals surface area contributed by atoms with Gasteiger partial charge in [-0.2, -0.15) is 10.4 Å². The summed E-state index contributed by atoms with van der Waals surface area (Å²) in [5.41, 5.74) is 4.05. The number of benzene rings is 2. The normalized spacial score (nSPS) is 18.7. The summed E-state index contributed by atoms with van der Waals surface area (Å²) < 4.78 is 12.0. The van der Waals surface area contributed by atoms with Crippen LogP contribution < -0.4 is 24.6 Å². The summed E-state index contributed by atoms with van der Waals surface area (Å²) in [5, 5.41) is 21.6. The van der Waals surface area contributed by atoms with E-state index in [1.54, 1.807) is 43.6 Å². The van der Waals surface area contributed by atoms with Crippen LogP contribution in [0.25, 0.3) is 22.2 Å². The molecule has 0 spiro atoms. The first kappa shape index (κ1) is 41.6. The van der Waals surface area contributed by atoms with E-state index in [1.807, 2.05) is 22.8 Å². The van der Waals surface area contributed by atoms with Crippen LogP contribution in [-0.4, -0.2) is 112 Å². The number of piperazine rings is 1. The number of nitriles is 1. The van der Waals surface area contributed by atoms with Crippen LogP contribution in [0, 0.1) is 17.2 Å². The SMILES string of the molecule is COc1cc2[nH]nc(-c3cnc(N4CCN(C(=O)C5CCN(c6ccc7c(c6)C(=O)N(C6CCC(=O)NC6=O)C7=O)CC5)CC4)c(C#N)c3)c2cc1O[C@H](C)c1c(Cl)cncc1Cl. The molecule has 19 heteroatoms. The molecule has 0 radical (unpaired) electrons. The molecule has 2 aromatic carbocycles. The third-order valence-corrected chi connectivity index (χ3v) is 12.8. The number of rotatable bonds is 9. The molecule has 2 atom stereocenters. The smallest absolute Gasteiger partial charge is 0.262 e. The van der Waals surface area contributed by atoms with Crippen molar-refractivity contribution < 1.29 is 33.4 Å². The van der Waals surface area contributed by atoms with E-state index in [2.05, 4.69) is 31.5 Å². The highest BCUT2D eigenvalue weighted by Gasteiger charge is 2.45. The molecule has 322 valence electrons. The second-order valence-electron chi connectivity index (χ2n) is 15.9. The monoisotopic (exact) mass is 890 g/mol. The number of halogens is 2. The summed E-state index contributed by atoms with van der Waals surface area (Å²) in [7, 11) is 1.54. The van der Waals surface area contributed by atoms with Gasteiger partial charge in [-0.1, -0.05) is 23.2 Å². The summed E-state index contributed by atoms with van der Waals surface area (Å²) in [6.07, 6.45) is 5.52.